The molecule has 22 heavy (non-hydrogen) atoms. The number of methoxy groups -OCH3 is 1. The summed E-state index contributed by atoms with van der Waals surface area (Å²) in [4.78, 5) is 31.6. The Labute approximate surface area is 126 Å². The van der Waals surface area contributed by atoms with E-state index in [0.717, 1.165) is 12.1 Å². The van der Waals surface area contributed by atoms with Gasteiger partial charge in [0.05, 0.1) is 29.3 Å². The highest BCUT2D eigenvalue weighted by atomic mass is 16.6. The second kappa shape index (κ2) is 5.01. The standard InChI is InChI=1S/C15H15N3O4/c1-9-6-10-11(7-16-9)17-8-12(18(20)21)13(10)15(4-3-5-15)14(19)22-2/h6-8H,3-5H2,1-2H3. The van der Waals surface area contributed by atoms with Crippen molar-refractivity contribution in [1.29, 1.82) is 0 Å². The van der Waals surface area contributed by atoms with Gasteiger partial charge in [0.1, 0.15) is 11.6 Å². The first kappa shape index (κ1) is 14.4. The molecule has 2 aromatic rings. The second-order valence-corrected chi connectivity index (χ2v) is 5.55. The fraction of sp³-hybridized carbons (Fsp3) is 0.400. The van der Waals surface area contributed by atoms with Gasteiger partial charge in [0.15, 0.2) is 0 Å². The maximum absolute atomic E-state index is 12.3. The molecule has 2 heterocycles. The van der Waals surface area contributed by atoms with Gasteiger partial charge >= 0.3 is 5.97 Å². The number of rotatable bonds is 3. The van der Waals surface area contributed by atoms with Crippen LogP contribution < -0.4 is 0 Å². The lowest BCUT2D eigenvalue weighted by Crippen LogP contribution is -2.44. The Bertz CT molecular complexity index is 784. The van der Waals surface area contributed by atoms with Gasteiger partial charge < -0.3 is 4.74 Å². The van der Waals surface area contributed by atoms with Gasteiger partial charge in [-0.1, -0.05) is 6.42 Å². The van der Waals surface area contributed by atoms with E-state index in [1.807, 2.05) is 0 Å². The highest BCUT2D eigenvalue weighted by Crippen LogP contribution is 2.50. The van der Waals surface area contributed by atoms with Crippen molar-refractivity contribution in [3.05, 3.63) is 39.8 Å². The van der Waals surface area contributed by atoms with E-state index < -0.39 is 16.3 Å². The number of ether oxygens (including phenoxy) is 1. The molecule has 0 N–H and O–H groups in total. The van der Waals surface area contributed by atoms with Crippen molar-refractivity contribution in [1.82, 2.24) is 9.97 Å². The van der Waals surface area contributed by atoms with Crippen LogP contribution in [-0.4, -0.2) is 28.0 Å². The van der Waals surface area contributed by atoms with E-state index in [1.165, 1.54) is 13.3 Å². The summed E-state index contributed by atoms with van der Waals surface area (Å²) in [6.07, 6.45) is 4.70. The first-order valence-electron chi connectivity index (χ1n) is 6.98. The summed E-state index contributed by atoms with van der Waals surface area (Å²) in [5.74, 6) is -0.427. The van der Waals surface area contributed by atoms with E-state index in [0.29, 0.717) is 29.3 Å². The monoisotopic (exact) mass is 301 g/mol. The van der Waals surface area contributed by atoms with Crippen LogP contribution in [0.4, 0.5) is 5.69 Å². The molecule has 1 aliphatic rings. The maximum atomic E-state index is 12.3. The van der Waals surface area contributed by atoms with Crippen LogP contribution in [0.15, 0.2) is 18.5 Å². The number of nitro groups is 1. The molecular weight excluding hydrogens is 286 g/mol. The van der Waals surface area contributed by atoms with Crippen molar-refractivity contribution in [2.24, 2.45) is 0 Å². The van der Waals surface area contributed by atoms with Crippen molar-refractivity contribution in [3.8, 4) is 0 Å². The average Bonchev–Trinajstić information content (AvgIpc) is 2.45. The van der Waals surface area contributed by atoms with Crippen LogP contribution in [0.25, 0.3) is 10.9 Å². The lowest BCUT2D eigenvalue weighted by atomic mass is 9.63. The zero-order valence-electron chi connectivity index (χ0n) is 12.3. The molecule has 0 bridgehead atoms. The van der Waals surface area contributed by atoms with Crippen molar-refractivity contribution in [3.63, 3.8) is 0 Å². The molecule has 0 aromatic carbocycles. The topological polar surface area (TPSA) is 95.2 Å². The summed E-state index contributed by atoms with van der Waals surface area (Å²) in [7, 11) is 1.31. The molecule has 1 saturated carbocycles. The van der Waals surface area contributed by atoms with Gasteiger partial charge in [-0.2, -0.15) is 0 Å². The van der Waals surface area contributed by atoms with E-state index in [4.69, 9.17) is 4.74 Å². The maximum Gasteiger partial charge on any atom is 0.316 e. The van der Waals surface area contributed by atoms with Gasteiger partial charge in [0, 0.05) is 11.1 Å². The number of carbonyl (C=O) groups excluding carboxylic acids is 1. The lowest BCUT2D eigenvalue weighted by molar-refractivity contribution is -0.386. The zero-order chi connectivity index (χ0) is 15.9. The minimum atomic E-state index is -0.952. The normalized spacial score (nSPS) is 16.1. The predicted molar refractivity (Wildman–Crippen MR) is 78.5 cm³/mol. The Balaban J connectivity index is 2.38. The third-order valence-electron chi connectivity index (χ3n) is 4.33. The number of hydrogen-bond acceptors (Lipinski definition) is 6. The molecule has 0 atom stereocenters. The molecule has 0 amide bonds. The predicted octanol–water partition coefficient (Wildman–Crippen LogP) is 2.44. The van der Waals surface area contributed by atoms with Crippen LogP contribution in [-0.2, 0) is 14.9 Å². The van der Waals surface area contributed by atoms with E-state index in [2.05, 4.69) is 9.97 Å². The number of aromatic nitrogens is 2. The van der Waals surface area contributed by atoms with E-state index in [1.54, 1.807) is 19.2 Å². The Morgan fingerprint density at radius 1 is 1.36 bits per heavy atom. The summed E-state index contributed by atoms with van der Waals surface area (Å²) < 4.78 is 4.93. The molecule has 114 valence electrons. The van der Waals surface area contributed by atoms with Gasteiger partial charge in [-0.15, -0.1) is 0 Å². The van der Waals surface area contributed by atoms with Gasteiger partial charge in [-0.3, -0.25) is 19.9 Å². The van der Waals surface area contributed by atoms with Crippen molar-refractivity contribution >= 4 is 22.6 Å². The molecule has 1 aliphatic carbocycles. The summed E-state index contributed by atoms with van der Waals surface area (Å²) in [6.45, 7) is 1.80. The number of pyridine rings is 2. The zero-order valence-corrected chi connectivity index (χ0v) is 12.3. The Kier molecular flexibility index (Phi) is 3.27. The second-order valence-electron chi connectivity index (χ2n) is 5.55. The number of fused-ring (bicyclic) bond motifs is 1. The summed E-state index contributed by atoms with van der Waals surface area (Å²) in [5.41, 5.74) is 0.581. The fourth-order valence-corrected chi connectivity index (χ4v) is 3.11. The van der Waals surface area contributed by atoms with Crippen LogP contribution in [0.5, 0.6) is 0 Å². The van der Waals surface area contributed by atoms with Gasteiger partial charge in [0.2, 0.25) is 0 Å². The molecule has 1 fully saturated rings. The molecular formula is C15H15N3O4. The minimum Gasteiger partial charge on any atom is -0.468 e. The molecule has 2 aromatic heterocycles. The van der Waals surface area contributed by atoms with Gasteiger partial charge in [-0.25, -0.2) is 4.98 Å². The Hall–Kier alpha value is -2.57. The van der Waals surface area contributed by atoms with Crippen LogP contribution in [0.1, 0.15) is 30.5 Å². The first-order valence-corrected chi connectivity index (χ1v) is 6.98. The summed E-state index contributed by atoms with van der Waals surface area (Å²) in [5, 5.41) is 12.0. The highest BCUT2D eigenvalue weighted by Gasteiger charge is 2.51. The average molecular weight is 301 g/mol. The summed E-state index contributed by atoms with van der Waals surface area (Å²) in [6, 6.07) is 1.74. The Morgan fingerprint density at radius 3 is 2.64 bits per heavy atom. The van der Waals surface area contributed by atoms with E-state index in [9.17, 15) is 14.9 Å². The number of nitrogens with zero attached hydrogens (tertiary/aromatic N) is 3. The Morgan fingerprint density at radius 2 is 2.09 bits per heavy atom. The number of carbonyl (C=O) groups is 1. The minimum absolute atomic E-state index is 0.136. The molecule has 7 heteroatoms. The molecule has 0 saturated heterocycles. The molecule has 0 radical (unpaired) electrons. The van der Waals surface area contributed by atoms with Crippen molar-refractivity contribution in [2.45, 2.75) is 31.6 Å². The third kappa shape index (κ3) is 1.93. The number of hydrogen-bond donors (Lipinski definition) is 0. The van der Waals surface area contributed by atoms with E-state index in [-0.39, 0.29) is 5.69 Å². The quantitative estimate of drug-likeness (QED) is 0.491. The van der Waals surface area contributed by atoms with Crippen LogP contribution in [0, 0.1) is 17.0 Å². The van der Waals surface area contributed by atoms with Crippen molar-refractivity contribution in [2.75, 3.05) is 7.11 Å². The molecule has 7 nitrogen and oxygen atoms in total. The molecule has 3 rings (SSSR count). The molecule has 0 unspecified atom stereocenters. The first-order chi connectivity index (χ1) is 10.5. The number of esters is 1. The van der Waals surface area contributed by atoms with Gasteiger partial charge in [0.25, 0.3) is 5.69 Å². The third-order valence-corrected chi connectivity index (χ3v) is 4.33. The lowest BCUT2D eigenvalue weighted by Gasteiger charge is -2.39. The fourth-order valence-electron chi connectivity index (χ4n) is 3.11. The van der Waals surface area contributed by atoms with Crippen LogP contribution >= 0.6 is 0 Å². The smallest absolute Gasteiger partial charge is 0.316 e. The van der Waals surface area contributed by atoms with Crippen molar-refractivity contribution < 1.29 is 14.5 Å². The molecule has 0 aliphatic heterocycles. The SMILES string of the molecule is COC(=O)C1(c2c([N+](=O)[O-])cnc3cnc(C)cc23)CCC1. The summed E-state index contributed by atoms with van der Waals surface area (Å²) >= 11 is 0. The highest BCUT2D eigenvalue weighted by molar-refractivity contribution is 5.95. The largest absolute Gasteiger partial charge is 0.468 e. The van der Waals surface area contributed by atoms with E-state index >= 15 is 0 Å². The van der Waals surface area contributed by atoms with Gasteiger partial charge in [-0.05, 0) is 25.8 Å². The van der Waals surface area contributed by atoms with Crippen LogP contribution in [0.3, 0.4) is 0 Å². The number of aryl methyl sites for hydroxylation is 1. The molecule has 0 spiro atoms. The van der Waals surface area contributed by atoms with Crippen LogP contribution in [0.2, 0.25) is 0 Å².